The molecule has 3 unspecified atom stereocenters. The molecule has 3 atom stereocenters. The molecule has 0 aromatic carbocycles. The quantitative estimate of drug-likeness (QED) is 0.718. The molecule has 18 heavy (non-hydrogen) atoms. The number of nitrogens with one attached hydrogen (secondary N) is 1. The molecule has 0 heterocycles. The van der Waals surface area contributed by atoms with Crippen molar-refractivity contribution in [2.24, 2.45) is 0 Å². The molecule has 0 aromatic rings. The third-order valence-corrected chi connectivity index (χ3v) is 5.89. The predicted molar refractivity (Wildman–Crippen MR) is 81.5 cm³/mol. The van der Waals surface area contributed by atoms with E-state index in [-0.39, 0.29) is 0 Å². The number of rotatable bonds is 7. The minimum atomic E-state index is -0.621. The highest BCUT2D eigenvalue weighted by molar-refractivity contribution is 7.85. The van der Waals surface area contributed by atoms with Gasteiger partial charge in [0.25, 0.3) is 0 Å². The average molecular weight is 273 g/mol. The maximum atomic E-state index is 12.5. The molecule has 1 fully saturated rings. The second-order valence-corrected chi connectivity index (χ2v) is 7.26. The van der Waals surface area contributed by atoms with E-state index in [0.29, 0.717) is 11.3 Å². The zero-order valence-corrected chi connectivity index (χ0v) is 13.1. The van der Waals surface area contributed by atoms with Crippen LogP contribution in [0.1, 0.15) is 71.6 Å². The topological polar surface area (TPSA) is 29.1 Å². The molecular formula is C15H31NOS. The van der Waals surface area contributed by atoms with E-state index in [9.17, 15) is 4.21 Å². The summed E-state index contributed by atoms with van der Waals surface area (Å²) in [6, 6.07) is 0.498. The molecule has 2 nitrogen and oxygen atoms in total. The van der Waals surface area contributed by atoms with Gasteiger partial charge in [0.15, 0.2) is 0 Å². The zero-order chi connectivity index (χ0) is 13.2. The van der Waals surface area contributed by atoms with E-state index < -0.39 is 10.8 Å². The Morgan fingerprint density at radius 2 is 1.78 bits per heavy atom. The Morgan fingerprint density at radius 3 is 2.44 bits per heavy atom. The van der Waals surface area contributed by atoms with Gasteiger partial charge in [-0.1, -0.05) is 52.4 Å². The number of hydrogen-bond donors (Lipinski definition) is 1. The van der Waals surface area contributed by atoms with E-state index in [1.54, 1.807) is 0 Å². The van der Waals surface area contributed by atoms with Gasteiger partial charge >= 0.3 is 0 Å². The SMILES string of the molecule is CCCCCS(=O)C1CCCCCCC1NCC. The Hall–Kier alpha value is 0.110. The van der Waals surface area contributed by atoms with E-state index in [4.69, 9.17) is 0 Å². The summed E-state index contributed by atoms with van der Waals surface area (Å²) in [5.41, 5.74) is 0. The Labute approximate surface area is 116 Å². The van der Waals surface area contributed by atoms with Crippen LogP contribution in [0.3, 0.4) is 0 Å². The van der Waals surface area contributed by atoms with Gasteiger partial charge in [0.05, 0.1) is 5.25 Å². The smallest absolute Gasteiger partial charge is 0.0501 e. The van der Waals surface area contributed by atoms with Crippen LogP contribution < -0.4 is 5.32 Å². The van der Waals surface area contributed by atoms with Crippen molar-refractivity contribution < 1.29 is 4.21 Å². The lowest BCUT2D eigenvalue weighted by molar-refractivity contribution is 0.400. The maximum absolute atomic E-state index is 12.5. The Bertz CT molecular complexity index is 233. The summed E-state index contributed by atoms with van der Waals surface area (Å²) in [4.78, 5) is 0. The number of hydrogen-bond acceptors (Lipinski definition) is 2. The first-order valence-electron chi connectivity index (χ1n) is 7.90. The van der Waals surface area contributed by atoms with Gasteiger partial charge in [-0.15, -0.1) is 0 Å². The largest absolute Gasteiger partial charge is 0.313 e. The zero-order valence-electron chi connectivity index (χ0n) is 12.2. The lowest BCUT2D eigenvalue weighted by atomic mass is 9.96. The van der Waals surface area contributed by atoms with Crippen LogP contribution in [0.4, 0.5) is 0 Å². The van der Waals surface area contributed by atoms with Gasteiger partial charge in [0.2, 0.25) is 0 Å². The van der Waals surface area contributed by atoms with Crippen molar-refractivity contribution in [2.45, 2.75) is 82.9 Å². The molecule has 0 amide bonds. The van der Waals surface area contributed by atoms with Crippen molar-refractivity contribution in [3.8, 4) is 0 Å². The molecule has 0 aliphatic heterocycles. The van der Waals surface area contributed by atoms with Gasteiger partial charge in [-0.25, -0.2) is 0 Å². The van der Waals surface area contributed by atoms with E-state index in [0.717, 1.165) is 25.1 Å². The van der Waals surface area contributed by atoms with Crippen LogP contribution in [0, 0.1) is 0 Å². The van der Waals surface area contributed by atoms with Crippen LogP contribution in [0.25, 0.3) is 0 Å². The first-order chi connectivity index (χ1) is 8.79. The highest BCUT2D eigenvalue weighted by atomic mass is 32.2. The fourth-order valence-corrected chi connectivity index (χ4v) is 4.73. The van der Waals surface area contributed by atoms with Gasteiger partial charge in [-0.2, -0.15) is 0 Å². The first kappa shape index (κ1) is 16.2. The van der Waals surface area contributed by atoms with Crippen LogP contribution >= 0.6 is 0 Å². The molecule has 0 bridgehead atoms. The lowest BCUT2D eigenvalue weighted by Crippen LogP contribution is -2.43. The summed E-state index contributed by atoms with van der Waals surface area (Å²) < 4.78 is 12.5. The highest BCUT2D eigenvalue weighted by Gasteiger charge is 2.26. The third kappa shape index (κ3) is 5.83. The molecule has 3 heteroatoms. The molecule has 1 aliphatic rings. The minimum Gasteiger partial charge on any atom is -0.313 e. The van der Waals surface area contributed by atoms with E-state index in [1.807, 2.05) is 0 Å². The standard InChI is InChI=1S/C15H31NOS/c1-3-5-10-13-18(17)15-12-9-7-6-8-11-14(15)16-4-2/h14-16H,3-13H2,1-2H3. The molecule has 1 rings (SSSR count). The second kappa shape index (κ2) is 9.96. The van der Waals surface area contributed by atoms with Gasteiger partial charge in [-0.05, 0) is 25.8 Å². The summed E-state index contributed by atoms with van der Waals surface area (Å²) in [5.74, 6) is 0.917. The minimum absolute atomic E-state index is 0.405. The molecule has 1 saturated carbocycles. The fourth-order valence-electron chi connectivity index (χ4n) is 2.91. The number of unbranched alkanes of at least 4 members (excludes halogenated alkanes) is 2. The lowest BCUT2D eigenvalue weighted by Gasteiger charge is -2.29. The highest BCUT2D eigenvalue weighted by Crippen LogP contribution is 2.22. The van der Waals surface area contributed by atoms with Crippen LogP contribution in [-0.2, 0) is 10.8 Å². The molecule has 0 radical (unpaired) electrons. The van der Waals surface area contributed by atoms with Crippen LogP contribution in [0.15, 0.2) is 0 Å². The summed E-state index contributed by atoms with van der Waals surface area (Å²) in [6.07, 6.45) is 11.2. The van der Waals surface area contributed by atoms with Crippen molar-refractivity contribution in [3.05, 3.63) is 0 Å². The van der Waals surface area contributed by atoms with Gasteiger partial charge in [0, 0.05) is 22.6 Å². The summed E-state index contributed by atoms with van der Waals surface area (Å²) >= 11 is 0. The van der Waals surface area contributed by atoms with Crippen molar-refractivity contribution in [3.63, 3.8) is 0 Å². The summed E-state index contributed by atoms with van der Waals surface area (Å²) in [5, 5.41) is 3.99. The Balaban J connectivity index is 2.50. The average Bonchev–Trinajstić information content (AvgIpc) is 2.33. The van der Waals surface area contributed by atoms with Gasteiger partial charge in [-0.3, -0.25) is 4.21 Å². The van der Waals surface area contributed by atoms with Crippen molar-refractivity contribution in [1.29, 1.82) is 0 Å². The van der Waals surface area contributed by atoms with Crippen LogP contribution in [-0.4, -0.2) is 27.8 Å². The van der Waals surface area contributed by atoms with Crippen molar-refractivity contribution in [1.82, 2.24) is 5.32 Å². The summed E-state index contributed by atoms with van der Waals surface area (Å²) in [6.45, 7) is 5.38. The third-order valence-electron chi connectivity index (χ3n) is 3.96. The van der Waals surface area contributed by atoms with Gasteiger partial charge in [0.1, 0.15) is 0 Å². The van der Waals surface area contributed by atoms with E-state index in [2.05, 4.69) is 19.2 Å². The summed E-state index contributed by atoms with van der Waals surface area (Å²) in [7, 11) is -0.621. The second-order valence-electron chi connectivity index (χ2n) is 5.49. The normalized spacial score (nSPS) is 27.4. The molecule has 0 saturated heterocycles. The molecule has 108 valence electrons. The Kier molecular flexibility index (Phi) is 8.95. The Morgan fingerprint density at radius 1 is 1.06 bits per heavy atom. The first-order valence-corrected chi connectivity index (χ1v) is 9.28. The molecule has 0 spiro atoms. The van der Waals surface area contributed by atoms with Crippen molar-refractivity contribution >= 4 is 10.8 Å². The predicted octanol–water partition coefficient (Wildman–Crippen LogP) is 3.63. The van der Waals surface area contributed by atoms with Crippen LogP contribution in [0.2, 0.25) is 0 Å². The van der Waals surface area contributed by atoms with Crippen LogP contribution in [0.5, 0.6) is 0 Å². The molecule has 0 aromatic heterocycles. The fraction of sp³-hybridized carbons (Fsp3) is 1.00. The maximum Gasteiger partial charge on any atom is 0.0501 e. The molecular weight excluding hydrogens is 242 g/mol. The van der Waals surface area contributed by atoms with Crippen molar-refractivity contribution in [2.75, 3.05) is 12.3 Å². The van der Waals surface area contributed by atoms with E-state index in [1.165, 1.54) is 44.9 Å². The van der Waals surface area contributed by atoms with Gasteiger partial charge < -0.3 is 5.32 Å². The monoisotopic (exact) mass is 273 g/mol. The molecule has 1 aliphatic carbocycles. The molecule has 1 N–H and O–H groups in total. The van der Waals surface area contributed by atoms with E-state index >= 15 is 0 Å².